The van der Waals surface area contributed by atoms with Crippen LogP contribution in [0.15, 0.2) is 0 Å². The Balaban J connectivity index is 2.94. The molecule has 1 fully saturated rings. The molecule has 0 aromatic heterocycles. The van der Waals surface area contributed by atoms with Crippen LogP contribution in [0.4, 0.5) is 0 Å². The minimum Gasteiger partial charge on any atom is -0.388 e. The zero-order valence-corrected chi connectivity index (χ0v) is 11.8. The summed E-state index contributed by atoms with van der Waals surface area (Å²) in [6.07, 6.45) is 6.17. The lowest BCUT2D eigenvalue weighted by Gasteiger charge is -2.48. The van der Waals surface area contributed by atoms with Gasteiger partial charge in [0.05, 0.1) is 17.1 Å². The first kappa shape index (κ1) is 14.5. The molecule has 0 heterocycles. The van der Waals surface area contributed by atoms with Crippen LogP contribution in [0.25, 0.3) is 0 Å². The Morgan fingerprint density at radius 2 is 1.71 bits per heavy atom. The molecular formula is C15H27NO. The summed E-state index contributed by atoms with van der Waals surface area (Å²) in [5, 5.41) is 20.4. The lowest BCUT2D eigenvalue weighted by molar-refractivity contribution is -0.0936. The highest BCUT2D eigenvalue weighted by molar-refractivity contribution is 5.13. The van der Waals surface area contributed by atoms with Crippen LogP contribution in [0.5, 0.6) is 0 Å². The van der Waals surface area contributed by atoms with Gasteiger partial charge in [-0.25, -0.2) is 0 Å². The molecule has 2 nitrogen and oxygen atoms in total. The van der Waals surface area contributed by atoms with Crippen molar-refractivity contribution in [3.8, 4) is 6.07 Å². The number of aliphatic hydroxyl groups is 1. The number of hydrogen-bond acceptors (Lipinski definition) is 2. The smallest absolute Gasteiger partial charge is 0.0860 e. The van der Waals surface area contributed by atoms with Crippen LogP contribution in [-0.4, -0.2) is 10.7 Å². The maximum Gasteiger partial charge on any atom is 0.0860 e. The Morgan fingerprint density at radius 3 is 2.06 bits per heavy atom. The third-order valence-corrected chi connectivity index (χ3v) is 4.81. The topological polar surface area (TPSA) is 44.0 Å². The van der Waals surface area contributed by atoms with Crippen LogP contribution in [0.1, 0.15) is 72.6 Å². The van der Waals surface area contributed by atoms with Gasteiger partial charge >= 0.3 is 0 Å². The molecule has 1 rings (SSSR count). The minimum absolute atomic E-state index is 0.335. The highest BCUT2D eigenvalue weighted by Crippen LogP contribution is 2.52. The van der Waals surface area contributed by atoms with Crippen LogP contribution in [-0.2, 0) is 0 Å². The first-order valence-electron chi connectivity index (χ1n) is 6.98. The molecule has 0 radical (unpaired) electrons. The van der Waals surface area contributed by atoms with Crippen LogP contribution in [0.3, 0.4) is 0 Å². The number of nitrogens with zero attached hydrogens (tertiary/aromatic N) is 1. The Hall–Kier alpha value is -0.550. The summed E-state index contributed by atoms with van der Waals surface area (Å²) in [5.41, 5.74) is -0.957. The molecule has 1 aliphatic rings. The standard InChI is InChI=1S/C15H27NO/c1-5-7-15(17,6-2)14(12-16)10-8-13(3,4)9-11-14/h17H,5-11H2,1-4H3. The second-order valence-corrected chi connectivity index (χ2v) is 6.49. The van der Waals surface area contributed by atoms with E-state index in [-0.39, 0.29) is 0 Å². The minimum atomic E-state index is -0.785. The molecule has 1 unspecified atom stereocenters. The summed E-state index contributed by atoms with van der Waals surface area (Å²) in [5.74, 6) is 0. The van der Waals surface area contributed by atoms with Crippen molar-refractivity contribution >= 4 is 0 Å². The van der Waals surface area contributed by atoms with Gasteiger partial charge in [-0.1, -0.05) is 34.1 Å². The Kier molecular flexibility index (Phi) is 4.25. The molecule has 2 heteroatoms. The molecule has 0 aliphatic heterocycles. The fourth-order valence-electron chi connectivity index (χ4n) is 3.20. The molecule has 1 saturated carbocycles. The van der Waals surface area contributed by atoms with Gasteiger partial charge in [-0.2, -0.15) is 5.26 Å². The van der Waals surface area contributed by atoms with Crippen molar-refractivity contribution in [3.05, 3.63) is 0 Å². The molecule has 1 N–H and O–H groups in total. The van der Waals surface area contributed by atoms with Crippen molar-refractivity contribution < 1.29 is 5.11 Å². The SMILES string of the molecule is CCCC(O)(CC)C1(C#N)CCC(C)(C)CC1. The van der Waals surface area contributed by atoms with Gasteiger partial charge in [0, 0.05) is 0 Å². The van der Waals surface area contributed by atoms with Gasteiger partial charge in [0.1, 0.15) is 0 Å². The summed E-state index contributed by atoms with van der Waals surface area (Å²) in [4.78, 5) is 0. The molecule has 0 spiro atoms. The summed E-state index contributed by atoms with van der Waals surface area (Å²) in [6, 6.07) is 2.48. The lowest BCUT2D eigenvalue weighted by atomic mass is 9.57. The van der Waals surface area contributed by atoms with Crippen LogP contribution in [0.2, 0.25) is 0 Å². The molecule has 0 amide bonds. The average molecular weight is 237 g/mol. The highest BCUT2D eigenvalue weighted by atomic mass is 16.3. The molecule has 98 valence electrons. The van der Waals surface area contributed by atoms with E-state index in [1.54, 1.807) is 0 Å². The summed E-state index contributed by atoms with van der Waals surface area (Å²) in [6.45, 7) is 8.62. The Morgan fingerprint density at radius 1 is 1.18 bits per heavy atom. The normalized spacial score (nSPS) is 25.9. The average Bonchev–Trinajstić information content (AvgIpc) is 2.30. The van der Waals surface area contributed by atoms with Crippen molar-refractivity contribution in [2.45, 2.75) is 78.2 Å². The van der Waals surface area contributed by atoms with E-state index in [9.17, 15) is 10.4 Å². The van der Waals surface area contributed by atoms with Crippen LogP contribution < -0.4 is 0 Å². The maximum atomic E-state index is 10.8. The molecular weight excluding hydrogens is 210 g/mol. The third kappa shape index (κ3) is 2.65. The number of hydrogen-bond donors (Lipinski definition) is 1. The van der Waals surface area contributed by atoms with Crippen molar-refractivity contribution in [1.29, 1.82) is 5.26 Å². The van der Waals surface area contributed by atoms with Crippen LogP contribution in [0, 0.1) is 22.2 Å². The zero-order valence-electron chi connectivity index (χ0n) is 11.8. The second kappa shape index (κ2) is 4.98. The van der Waals surface area contributed by atoms with Crippen molar-refractivity contribution in [2.24, 2.45) is 10.8 Å². The molecule has 0 aromatic carbocycles. The van der Waals surface area contributed by atoms with Gasteiger partial charge in [0.25, 0.3) is 0 Å². The summed E-state index contributed by atoms with van der Waals surface area (Å²) >= 11 is 0. The first-order valence-corrected chi connectivity index (χ1v) is 6.98. The Bertz CT molecular complexity index is 293. The van der Waals surface area contributed by atoms with Gasteiger partial charge in [-0.05, 0) is 43.9 Å². The Labute approximate surface area is 106 Å². The van der Waals surface area contributed by atoms with E-state index in [1.807, 2.05) is 6.92 Å². The monoisotopic (exact) mass is 237 g/mol. The van der Waals surface area contributed by atoms with Gasteiger partial charge in [-0.3, -0.25) is 0 Å². The molecule has 17 heavy (non-hydrogen) atoms. The molecule has 1 atom stereocenters. The summed E-state index contributed by atoms with van der Waals surface area (Å²) in [7, 11) is 0. The van der Waals surface area contributed by atoms with E-state index < -0.39 is 11.0 Å². The highest BCUT2D eigenvalue weighted by Gasteiger charge is 2.51. The predicted octanol–water partition coefficient (Wildman–Crippen LogP) is 4.04. The maximum absolute atomic E-state index is 10.8. The van der Waals surface area contributed by atoms with E-state index in [0.717, 1.165) is 38.5 Å². The quantitative estimate of drug-likeness (QED) is 0.802. The predicted molar refractivity (Wildman–Crippen MR) is 70.4 cm³/mol. The number of rotatable bonds is 4. The fourth-order valence-corrected chi connectivity index (χ4v) is 3.20. The fraction of sp³-hybridized carbons (Fsp3) is 0.933. The van der Waals surface area contributed by atoms with Crippen molar-refractivity contribution in [3.63, 3.8) is 0 Å². The third-order valence-electron chi connectivity index (χ3n) is 4.81. The van der Waals surface area contributed by atoms with Gasteiger partial charge in [-0.15, -0.1) is 0 Å². The molecule has 0 bridgehead atoms. The summed E-state index contributed by atoms with van der Waals surface area (Å²) < 4.78 is 0. The lowest BCUT2D eigenvalue weighted by Crippen LogP contribution is -2.50. The molecule has 1 aliphatic carbocycles. The second-order valence-electron chi connectivity index (χ2n) is 6.49. The first-order chi connectivity index (χ1) is 7.85. The van der Waals surface area contributed by atoms with Crippen LogP contribution >= 0.6 is 0 Å². The van der Waals surface area contributed by atoms with Crippen molar-refractivity contribution in [2.75, 3.05) is 0 Å². The van der Waals surface area contributed by atoms with Gasteiger partial charge in [0.2, 0.25) is 0 Å². The van der Waals surface area contributed by atoms with Gasteiger partial charge < -0.3 is 5.11 Å². The van der Waals surface area contributed by atoms with Crippen molar-refractivity contribution in [1.82, 2.24) is 0 Å². The van der Waals surface area contributed by atoms with E-state index in [0.29, 0.717) is 11.8 Å². The number of nitriles is 1. The van der Waals surface area contributed by atoms with E-state index in [4.69, 9.17) is 0 Å². The largest absolute Gasteiger partial charge is 0.388 e. The van der Waals surface area contributed by atoms with E-state index in [1.165, 1.54) is 0 Å². The molecule has 0 saturated heterocycles. The van der Waals surface area contributed by atoms with Gasteiger partial charge in [0.15, 0.2) is 0 Å². The van der Waals surface area contributed by atoms with E-state index >= 15 is 0 Å². The molecule has 0 aromatic rings. The zero-order chi connectivity index (χ0) is 13.2. The van der Waals surface area contributed by atoms with E-state index in [2.05, 4.69) is 26.8 Å².